The predicted molar refractivity (Wildman–Crippen MR) is 114 cm³/mol. The number of hydrogen-bond donors (Lipinski definition) is 2. The van der Waals surface area contributed by atoms with Crippen molar-refractivity contribution in [2.45, 2.75) is 26.4 Å². The Bertz CT molecular complexity index is 1130. The van der Waals surface area contributed by atoms with Gasteiger partial charge < -0.3 is 15.4 Å². The van der Waals surface area contributed by atoms with Crippen LogP contribution in [0.4, 0.5) is 15.8 Å². The summed E-state index contributed by atoms with van der Waals surface area (Å²) >= 11 is 0. The number of anilines is 2. The van der Waals surface area contributed by atoms with Crippen LogP contribution in [0.3, 0.4) is 0 Å². The third-order valence-electron chi connectivity index (χ3n) is 4.25. The molecule has 160 valence electrons. The molecule has 8 nitrogen and oxygen atoms in total. The van der Waals surface area contributed by atoms with E-state index in [2.05, 4.69) is 15.7 Å². The van der Waals surface area contributed by atoms with Gasteiger partial charge in [-0.05, 0) is 55.0 Å². The van der Waals surface area contributed by atoms with E-state index in [-0.39, 0.29) is 11.8 Å². The van der Waals surface area contributed by atoms with Gasteiger partial charge in [0.1, 0.15) is 5.82 Å². The lowest BCUT2D eigenvalue weighted by Gasteiger charge is -2.17. The highest BCUT2D eigenvalue weighted by Gasteiger charge is 2.20. The number of hydrogen-bond acceptors (Lipinski definition) is 5. The molecule has 0 radical (unpaired) electrons. The van der Waals surface area contributed by atoms with Crippen LogP contribution in [0.5, 0.6) is 5.88 Å². The first-order valence-corrected chi connectivity index (χ1v) is 9.57. The van der Waals surface area contributed by atoms with E-state index in [9.17, 15) is 18.8 Å². The molecule has 31 heavy (non-hydrogen) atoms. The second kappa shape index (κ2) is 9.66. The van der Waals surface area contributed by atoms with Crippen LogP contribution in [-0.4, -0.2) is 27.7 Å². The fraction of sp³-hybridized carbons (Fsp3) is 0.182. The molecular weight excluding hydrogens is 403 g/mol. The summed E-state index contributed by atoms with van der Waals surface area (Å²) < 4.78 is 19.9. The summed E-state index contributed by atoms with van der Waals surface area (Å²) in [5.41, 5.74) is 1.09. The molecular formula is C22H21FN4O4. The normalized spacial score (nSPS) is 11.5. The highest BCUT2D eigenvalue weighted by atomic mass is 19.1. The van der Waals surface area contributed by atoms with Crippen LogP contribution in [0.25, 0.3) is 5.69 Å². The van der Waals surface area contributed by atoms with Gasteiger partial charge in [-0.1, -0.05) is 6.92 Å². The van der Waals surface area contributed by atoms with Crippen LogP contribution in [0.15, 0.2) is 65.5 Å². The molecule has 0 saturated heterocycles. The number of aromatic nitrogens is 2. The molecule has 2 N–H and O–H groups in total. The molecule has 0 unspecified atom stereocenters. The molecule has 3 aromatic rings. The number of benzene rings is 2. The number of carbonyl (C=O) groups excluding carboxylic acids is 2. The van der Waals surface area contributed by atoms with E-state index in [1.54, 1.807) is 31.2 Å². The molecule has 0 aliphatic carbocycles. The van der Waals surface area contributed by atoms with Gasteiger partial charge in [0, 0.05) is 30.4 Å². The Morgan fingerprint density at radius 3 is 2.19 bits per heavy atom. The van der Waals surface area contributed by atoms with Gasteiger partial charge in [-0.15, -0.1) is 5.10 Å². The highest BCUT2D eigenvalue weighted by molar-refractivity contribution is 5.95. The Balaban J connectivity index is 1.72. The number of nitrogens with zero attached hydrogens (tertiary/aromatic N) is 2. The minimum absolute atomic E-state index is 0.0759. The molecule has 1 heterocycles. The molecule has 0 aliphatic rings. The minimum Gasteiger partial charge on any atom is -0.463 e. The van der Waals surface area contributed by atoms with E-state index in [0.29, 0.717) is 23.5 Å². The van der Waals surface area contributed by atoms with Gasteiger partial charge in [0.25, 0.3) is 11.5 Å². The average Bonchev–Trinajstić information content (AvgIpc) is 2.74. The second-order valence-corrected chi connectivity index (χ2v) is 6.66. The summed E-state index contributed by atoms with van der Waals surface area (Å²) in [7, 11) is 0. The number of amides is 2. The maximum absolute atomic E-state index is 13.2. The molecule has 0 aliphatic heterocycles. The van der Waals surface area contributed by atoms with Gasteiger partial charge in [-0.2, -0.15) is 4.68 Å². The number of rotatable bonds is 7. The van der Waals surface area contributed by atoms with Crippen molar-refractivity contribution in [2.75, 3.05) is 10.6 Å². The SMILES string of the molecule is CC[C@@H](Oc1ccc(=O)n(-c2ccc(F)cc2)n1)C(=O)Nc1ccc(NC(C)=O)cc1. The number of carbonyl (C=O) groups is 2. The minimum atomic E-state index is -0.860. The quantitative estimate of drug-likeness (QED) is 0.607. The summed E-state index contributed by atoms with van der Waals surface area (Å²) in [5, 5.41) is 9.52. The summed E-state index contributed by atoms with van der Waals surface area (Å²) in [4.78, 5) is 35.8. The Morgan fingerprint density at radius 1 is 1.00 bits per heavy atom. The Labute approximate surface area is 177 Å². The van der Waals surface area contributed by atoms with Gasteiger partial charge in [0.05, 0.1) is 5.69 Å². The van der Waals surface area contributed by atoms with Crippen molar-refractivity contribution < 1.29 is 18.7 Å². The van der Waals surface area contributed by atoms with Gasteiger partial charge in [0.2, 0.25) is 11.8 Å². The first kappa shape index (κ1) is 21.7. The highest BCUT2D eigenvalue weighted by Crippen LogP contribution is 2.16. The molecule has 0 spiro atoms. The number of nitrogens with one attached hydrogen (secondary N) is 2. The van der Waals surface area contributed by atoms with Crippen molar-refractivity contribution in [3.05, 3.63) is 76.8 Å². The van der Waals surface area contributed by atoms with E-state index in [1.165, 1.54) is 43.3 Å². The average molecular weight is 424 g/mol. The first-order valence-electron chi connectivity index (χ1n) is 9.57. The van der Waals surface area contributed by atoms with Crippen molar-refractivity contribution in [1.29, 1.82) is 0 Å². The lowest BCUT2D eigenvalue weighted by atomic mass is 10.2. The standard InChI is InChI=1S/C22H21FN4O4/c1-3-19(22(30)25-17-8-6-16(7-9-17)24-14(2)28)31-20-12-13-21(29)27(26-20)18-10-4-15(23)5-11-18/h4-13,19H,3H2,1-2H3,(H,24,28)(H,25,30)/t19-/m1/s1. The van der Waals surface area contributed by atoms with E-state index in [4.69, 9.17) is 4.74 Å². The number of ether oxygens (including phenoxy) is 1. The maximum Gasteiger partial charge on any atom is 0.271 e. The monoisotopic (exact) mass is 424 g/mol. The summed E-state index contributed by atoms with van der Waals surface area (Å²) in [5.74, 6) is -0.939. The van der Waals surface area contributed by atoms with E-state index in [1.807, 2.05) is 0 Å². The molecule has 1 atom stereocenters. The topological polar surface area (TPSA) is 102 Å². The zero-order valence-corrected chi connectivity index (χ0v) is 17.0. The Hall–Kier alpha value is -4.01. The molecule has 9 heteroatoms. The Kier molecular flexibility index (Phi) is 6.76. The van der Waals surface area contributed by atoms with Crippen molar-refractivity contribution in [2.24, 2.45) is 0 Å². The van der Waals surface area contributed by atoms with Gasteiger partial charge >= 0.3 is 0 Å². The number of halogens is 1. The second-order valence-electron chi connectivity index (χ2n) is 6.66. The molecule has 0 fully saturated rings. The van der Waals surface area contributed by atoms with Crippen LogP contribution in [0, 0.1) is 5.82 Å². The van der Waals surface area contributed by atoms with Crippen molar-refractivity contribution in [3.63, 3.8) is 0 Å². The maximum atomic E-state index is 13.2. The van der Waals surface area contributed by atoms with E-state index < -0.39 is 23.4 Å². The van der Waals surface area contributed by atoms with Crippen LogP contribution < -0.4 is 20.9 Å². The first-order chi connectivity index (χ1) is 14.9. The third kappa shape index (κ3) is 5.75. The van der Waals surface area contributed by atoms with Crippen molar-refractivity contribution in [1.82, 2.24) is 9.78 Å². The zero-order valence-electron chi connectivity index (χ0n) is 17.0. The lowest BCUT2D eigenvalue weighted by Crippen LogP contribution is -2.33. The fourth-order valence-electron chi connectivity index (χ4n) is 2.76. The Morgan fingerprint density at radius 2 is 1.61 bits per heavy atom. The van der Waals surface area contributed by atoms with Gasteiger partial charge in [-0.25, -0.2) is 4.39 Å². The van der Waals surface area contributed by atoms with Gasteiger partial charge in [0.15, 0.2) is 6.10 Å². The van der Waals surface area contributed by atoms with Gasteiger partial charge in [-0.3, -0.25) is 14.4 Å². The van der Waals surface area contributed by atoms with Crippen LogP contribution >= 0.6 is 0 Å². The van der Waals surface area contributed by atoms with Crippen LogP contribution in [0.1, 0.15) is 20.3 Å². The molecule has 0 bridgehead atoms. The van der Waals surface area contributed by atoms with Crippen molar-refractivity contribution in [3.8, 4) is 11.6 Å². The van der Waals surface area contributed by atoms with Crippen LogP contribution in [0.2, 0.25) is 0 Å². The summed E-state index contributed by atoms with van der Waals surface area (Å²) in [6.45, 7) is 3.19. The molecule has 2 aromatic carbocycles. The smallest absolute Gasteiger partial charge is 0.271 e. The predicted octanol–water partition coefficient (Wildman–Crippen LogP) is 3.13. The molecule has 2 amide bonds. The third-order valence-corrected chi connectivity index (χ3v) is 4.25. The van der Waals surface area contributed by atoms with E-state index >= 15 is 0 Å². The fourth-order valence-corrected chi connectivity index (χ4v) is 2.76. The lowest BCUT2D eigenvalue weighted by molar-refractivity contribution is -0.123. The van der Waals surface area contributed by atoms with Crippen LogP contribution in [-0.2, 0) is 9.59 Å². The summed E-state index contributed by atoms with van der Waals surface area (Å²) in [6, 6.07) is 14.6. The molecule has 0 saturated carbocycles. The largest absolute Gasteiger partial charge is 0.463 e. The molecule has 1 aromatic heterocycles. The summed E-state index contributed by atoms with van der Waals surface area (Å²) in [6.07, 6.45) is -0.505. The zero-order chi connectivity index (χ0) is 22.4. The van der Waals surface area contributed by atoms with E-state index in [0.717, 1.165) is 4.68 Å². The molecule has 3 rings (SSSR count). The van der Waals surface area contributed by atoms with Crippen molar-refractivity contribution >= 4 is 23.2 Å².